The minimum atomic E-state index is -0.380. The molecule has 0 spiro atoms. The van der Waals surface area contributed by atoms with Gasteiger partial charge in [-0.15, -0.1) is 0 Å². The van der Waals surface area contributed by atoms with E-state index in [0.717, 1.165) is 25.2 Å². The number of carbonyl (C=O) groups is 2. The van der Waals surface area contributed by atoms with Crippen molar-refractivity contribution in [1.82, 2.24) is 4.90 Å². The summed E-state index contributed by atoms with van der Waals surface area (Å²) >= 11 is 0. The molecule has 2 rings (SSSR count). The van der Waals surface area contributed by atoms with Crippen molar-refractivity contribution in [1.29, 1.82) is 0 Å². The predicted molar refractivity (Wildman–Crippen MR) is 81.2 cm³/mol. The van der Waals surface area contributed by atoms with E-state index in [-0.39, 0.29) is 18.4 Å². The van der Waals surface area contributed by atoms with E-state index in [9.17, 15) is 9.59 Å². The second kappa shape index (κ2) is 7.11. The number of nitrogens with zero attached hydrogens (tertiary/aromatic N) is 1. The van der Waals surface area contributed by atoms with Gasteiger partial charge in [0, 0.05) is 18.8 Å². The monoisotopic (exact) mass is 290 g/mol. The van der Waals surface area contributed by atoms with Crippen LogP contribution in [-0.4, -0.2) is 43.5 Å². The van der Waals surface area contributed by atoms with E-state index >= 15 is 0 Å². The third-order valence-electron chi connectivity index (χ3n) is 3.74. The minimum Gasteiger partial charge on any atom is -0.465 e. The first kappa shape index (κ1) is 15.4. The average molecular weight is 290 g/mol. The van der Waals surface area contributed by atoms with E-state index < -0.39 is 0 Å². The van der Waals surface area contributed by atoms with Gasteiger partial charge in [-0.1, -0.05) is 13.0 Å². The lowest BCUT2D eigenvalue weighted by molar-refractivity contribution is -0.130. The Morgan fingerprint density at radius 2 is 2.24 bits per heavy atom. The van der Waals surface area contributed by atoms with Crippen LogP contribution in [-0.2, 0) is 9.53 Å². The maximum atomic E-state index is 12.2. The molecule has 1 aromatic rings. The normalized spacial score (nSPS) is 18.2. The molecule has 1 unspecified atom stereocenters. The molecule has 1 aromatic carbocycles. The average Bonchev–Trinajstić information content (AvgIpc) is 2.52. The maximum Gasteiger partial charge on any atom is 0.337 e. The van der Waals surface area contributed by atoms with Crippen molar-refractivity contribution in [2.75, 3.05) is 32.1 Å². The fourth-order valence-electron chi connectivity index (χ4n) is 2.58. The number of piperidine rings is 1. The quantitative estimate of drug-likeness (QED) is 0.863. The Morgan fingerprint density at radius 3 is 2.95 bits per heavy atom. The first-order valence-corrected chi connectivity index (χ1v) is 7.30. The second-order valence-electron chi connectivity index (χ2n) is 5.51. The summed E-state index contributed by atoms with van der Waals surface area (Å²) in [5.74, 6) is 0.296. The van der Waals surface area contributed by atoms with Gasteiger partial charge in [0.25, 0.3) is 0 Å². The van der Waals surface area contributed by atoms with Gasteiger partial charge in [-0.2, -0.15) is 0 Å². The fourth-order valence-corrected chi connectivity index (χ4v) is 2.58. The van der Waals surface area contributed by atoms with Crippen LogP contribution in [0.15, 0.2) is 24.3 Å². The topological polar surface area (TPSA) is 58.6 Å². The zero-order chi connectivity index (χ0) is 15.2. The summed E-state index contributed by atoms with van der Waals surface area (Å²) in [6.07, 6.45) is 2.27. The van der Waals surface area contributed by atoms with Crippen LogP contribution in [0.4, 0.5) is 5.69 Å². The van der Waals surface area contributed by atoms with Crippen molar-refractivity contribution in [3.63, 3.8) is 0 Å². The van der Waals surface area contributed by atoms with Crippen molar-refractivity contribution in [3.8, 4) is 0 Å². The number of likely N-dealkylation sites (tertiary alicyclic amines) is 1. The summed E-state index contributed by atoms with van der Waals surface area (Å²) in [4.78, 5) is 25.5. The molecule has 1 atom stereocenters. The third kappa shape index (κ3) is 4.21. The number of anilines is 1. The minimum absolute atomic E-state index is 0.102. The molecule has 0 aromatic heterocycles. The van der Waals surface area contributed by atoms with Gasteiger partial charge in [-0.05, 0) is 37.0 Å². The van der Waals surface area contributed by atoms with Gasteiger partial charge in [0.15, 0.2) is 0 Å². The Labute approximate surface area is 125 Å². The molecule has 1 heterocycles. The van der Waals surface area contributed by atoms with Crippen LogP contribution in [0.5, 0.6) is 0 Å². The zero-order valence-electron chi connectivity index (χ0n) is 12.6. The molecule has 0 saturated carbocycles. The van der Waals surface area contributed by atoms with Crippen LogP contribution in [0.2, 0.25) is 0 Å². The van der Waals surface area contributed by atoms with Crippen molar-refractivity contribution < 1.29 is 14.3 Å². The van der Waals surface area contributed by atoms with Gasteiger partial charge in [0.2, 0.25) is 5.91 Å². The molecule has 0 aliphatic carbocycles. The molecule has 114 valence electrons. The summed E-state index contributed by atoms with van der Waals surface area (Å²) < 4.78 is 4.68. The predicted octanol–water partition coefficient (Wildman–Crippen LogP) is 2.14. The lowest BCUT2D eigenvalue weighted by Crippen LogP contribution is -2.41. The highest BCUT2D eigenvalue weighted by Gasteiger charge is 2.20. The number of hydrogen-bond donors (Lipinski definition) is 1. The van der Waals surface area contributed by atoms with Gasteiger partial charge in [-0.25, -0.2) is 4.79 Å². The van der Waals surface area contributed by atoms with Crippen molar-refractivity contribution >= 4 is 17.6 Å². The lowest BCUT2D eigenvalue weighted by atomic mass is 10.0. The second-order valence-corrected chi connectivity index (χ2v) is 5.51. The van der Waals surface area contributed by atoms with Gasteiger partial charge >= 0.3 is 5.97 Å². The summed E-state index contributed by atoms with van der Waals surface area (Å²) in [6.45, 7) is 4.10. The van der Waals surface area contributed by atoms with Gasteiger partial charge in [0.05, 0.1) is 19.2 Å². The van der Waals surface area contributed by atoms with Gasteiger partial charge in [0.1, 0.15) is 0 Å². The van der Waals surface area contributed by atoms with E-state index in [1.807, 2.05) is 11.0 Å². The molecule has 1 N–H and O–H groups in total. The Bertz CT molecular complexity index is 516. The molecule has 5 nitrogen and oxygen atoms in total. The number of amides is 1. The Hall–Kier alpha value is -2.04. The molecule has 1 aliphatic rings. The SMILES string of the molecule is COC(=O)c1cccc(NCC(=O)N2CCCC(C)C2)c1. The van der Waals surface area contributed by atoms with Crippen LogP contribution >= 0.6 is 0 Å². The molecule has 0 bridgehead atoms. The Morgan fingerprint density at radius 1 is 1.43 bits per heavy atom. The number of rotatable bonds is 4. The lowest BCUT2D eigenvalue weighted by Gasteiger charge is -2.31. The smallest absolute Gasteiger partial charge is 0.337 e. The van der Waals surface area contributed by atoms with Crippen LogP contribution in [0, 0.1) is 5.92 Å². The van der Waals surface area contributed by atoms with Crippen molar-refractivity contribution in [3.05, 3.63) is 29.8 Å². The molecule has 0 radical (unpaired) electrons. The number of benzene rings is 1. The van der Waals surface area contributed by atoms with Crippen LogP contribution in [0.1, 0.15) is 30.1 Å². The summed E-state index contributed by atoms with van der Waals surface area (Å²) in [5.41, 5.74) is 1.22. The van der Waals surface area contributed by atoms with E-state index in [4.69, 9.17) is 0 Å². The number of ether oxygens (including phenoxy) is 1. The van der Waals surface area contributed by atoms with E-state index in [0.29, 0.717) is 11.5 Å². The first-order valence-electron chi connectivity index (χ1n) is 7.30. The van der Waals surface area contributed by atoms with Crippen LogP contribution in [0.25, 0.3) is 0 Å². The highest BCUT2D eigenvalue weighted by Crippen LogP contribution is 2.16. The fraction of sp³-hybridized carbons (Fsp3) is 0.500. The molecular weight excluding hydrogens is 268 g/mol. The van der Waals surface area contributed by atoms with Crippen molar-refractivity contribution in [2.24, 2.45) is 5.92 Å². The largest absolute Gasteiger partial charge is 0.465 e. The number of esters is 1. The van der Waals surface area contributed by atoms with Crippen molar-refractivity contribution in [2.45, 2.75) is 19.8 Å². The standard InChI is InChI=1S/C16H22N2O3/c1-12-5-4-8-18(11-12)15(19)10-17-14-7-3-6-13(9-14)16(20)21-2/h3,6-7,9,12,17H,4-5,8,10-11H2,1-2H3. The molecular formula is C16H22N2O3. The molecule has 5 heteroatoms. The number of nitrogens with one attached hydrogen (secondary N) is 1. The van der Waals surface area contributed by atoms with Gasteiger partial charge in [-0.3, -0.25) is 4.79 Å². The highest BCUT2D eigenvalue weighted by atomic mass is 16.5. The third-order valence-corrected chi connectivity index (χ3v) is 3.74. The first-order chi connectivity index (χ1) is 10.1. The van der Waals surface area contributed by atoms with Crippen LogP contribution in [0.3, 0.4) is 0 Å². The number of hydrogen-bond acceptors (Lipinski definition) is 4. The summed E-state index contributed by atoms with van der Waals surface area (Å²) in [5, 5.41) is 3.08. The molecule has 21 heavy (non-hydrogen) atoms. The molecule has 1 amide bonds. The number of carbonyl (C=O) groups excluding carboxylic acids is 2. The molecule has 1 saturated heterocycles. The van der Waals surface area contributed by atoms with E-state index in [2.05, 4.69) is 17.0 Å². The highest BCUT2D eigenvalue weighted by molar-refractivity contribution is 5.90. The summed E-state index contributed by atoms with van der Waals surface area (Å²) in [6, 6.07) is 6.98. The Kier molecular flexibility index (Phi) is 5.20. The maximum absolute atomic E-state index is 12.2. The van der Waals surface area contributed by atoms with E-state index in [1.165, 1.54) is 13.5 Å². The van der Waals surface area contributed by atoms with Crippen LogP contribution < -0.4 is 5.32 Å². The zero-order valence-corrected chi connectivity index (χ0v) is 12.6. The summed E-state index contributed by atoms with van der Waals surface area (Å²) in [7, 11) is 1.35. The molecule has 1 aliphatic heterocycles. The van der Waals surface area contributed by atoms with E-state index in [1.54, 1.807) is 18.2 Å². The number of methoxy groups -OCH3 is 1. The molecule has 1 fully saturated rings. The Balaban J connectivity index is 1.90. The van der Waals surface area contributed by atoms with Gasteiger partial charge < -0.3 is 15.0 Å².